The van der Waals surface area contributed by atoms with Crippen molar-refractivity contribution < 1.29 is 4.74 Å². The smallest absolute Gasteiger partial charge is 0.223 e. The molecule has 0 saturated carbocycles. The van der Waals surface area contributed by atoms with E-state index in [4.69, 9.17) is 4.74 Å². The van der Waals surface area contributed by atoms with Gasteiger partial charge in [0.2, 0.25) is 5.88 Å². The minimum Gasteiger partial charge on any atom is -0.437 e. The van der Waals surface area contributed by atoms with Gasteiger partial charge >= 0.3 is 0 Å². The second-order valence-electron chi connectivity index (χ2n) is 3.98. The fraction of sp³-hybridized carbons (Fsp3) is 0.250. The summed E-state index contributed by atoms with van der Waals surface area (Å²) in [5.41, 5.74) is 0. The van der Waals surface area contributed by atoms with Gasteiger partial charge in [0.25, 0.3) is 0 Å². The molecule has 0 amide bonds. The van der Waals surface area contributed by atoms with Gasteiger partial charge in [-0.2, -0.15) is 4.98 Å². The van der Waals surface area contributed by atoms with Gasteiger partial charge in [-0.1, -0.05) is 13.8 Å². The highest BCUT2D eigenvalue weighted by Crippen LogP contribution is 2.25. The normalized spacial score (nSPS) is 10.7. The van der Waals surface area contributed by atoms with Crippen LogP contribution in [-0.4, -0.2) is 15.0 Å². The van der Waals surface area contributed by atoms with E-state index in [1.807, 2.05) is 19.9 Å². The molecule has 0 radical (unpaired) electrons. The zero-order valence-corrected chi connectivity index (χ0v) is 13.1. The van der Waals surface area contributed by atoms with Crippen molar-refractivity contribution >= 4 is 31.9 Å². The average molecular weight is 373 g/mol. The molecule has 0 atom stereocenters. The third kappa shape index (κ3) is 3.49. The first-order chi connectivity index (χ1) is 8.54. The topological polar surface area (TPSA) is 47.9 Å². The first-order valence-corrected chi connectivity index (χ1v) is 6.96. The summed E-state index contributed by atoms with van der Waals surface area (Å²) >= 11 is 6.70. The van der Waals surface area contributed by atoms with Crippen LogP contribution in [0.25, 0.3) is 0 Å². The minimum absolute atomic E-state index is 0.241. The van der Waals surface area contributed by atoms with Crippen LogP contribution in [0.3, 0.4) is 0 Å². The van der Waals surface area contributed by atoms with E-state index in [9.17, 15) is 0 Å². The summed E-state index contributed by atoms with van der Waals surface area (Å²) in [5.74, 6) is 2.11. The Balaban J connectivity index is 2.29. The monoisotopic (exact) mass is 371 g/mol. The number of hydrogen-bond acceptors (Lipinski definition) is 4. The number of pyridine rings is 1. The zero-order valence-electron chi connectivity index (χ0n) is 9.89. The molecule has 2 heterocycles. The standard InChI is InChI=1S/C12H11Br2N3O/c1-7(2)12-16-10(14)4-11(17-12)18-9-3-8(13)5-15-6-9/h3-7H,1-2H3. The second kappa shape index (κ2) is 5.75. The maximum atomic E-state index is 5.66. The summed E-state index contributed by atoms with van der Waals surface area (Å²) in [6, 6.07) is 3.56. The highest BCUT2D eigenvalue weighted by Gasteiger charge is 2.08. The fourth-order valence-corrected chi connectivity index (χ4v) is 2.01. The molecule has 0 spiro atoms. The predicted octanol–water partition coefficient (Wildman–Crippen LogP) is 4.31. The molecule has 0 aliphatic rings. The van der Waals surface area contributed by atoms with Gasteiger partial charge in [-0.3, -0.25) is 4.98 Å². The summed E-state index contributed by atoms with van der Waals surface area (Å²) in [4.78, 5) is 12.7. The maximum absolute atomic E-state index is 5.66. The van der Waals surface area contributed by atoms with Gasteiger partial charge in [-0.25, -0.2) is 4.98 Å². The molecule has 0 unspecified atom stereocenters. The minimum atomic E-state index is 0.241. The molecule has 2 aromatic heterocycles. The first-order valence-electron chi connectivity index (χ1n) is 5.37. The Bertz CT molecular complexity index is 561. The maximum Gasteiger partial charge on any atom is 0.223 e. The summed E-state index contributed by atoms with van der Waals surface area (Å²) < 4.78 is 7.22. The van der Waals surface area contributed by atoms with Gasteiger partial charge in [-0.15, -0.1) is 0 Å². The van der Waals surface area contributed by atoms with Crippen LogP contribution in [0.15, 0.2) is 33.6 Å². The Morgan fingerprint density at radius 3 is 2.56 bits per heavy atom. The highest BCUT2D eigenvalue weighted by atomic mass is 79.9. The van der Waals surface area contributed by atoms with E-state index in [1.54, 1.807) is 18.5 Å². The SMILES string of the molecule is CC(C)c1nc(Br)cc(Oc2cncc(Br)c2)n1. The molecule has 2 aromatic rings. The molecule has 4 nitrogen and oxygen atoms in total. The van der Waals surface area contributed by atoms with Crippen molar-refractivity contribution in [2.75, 3.05) is 0 Å². The molecule has 18 heavy (non-hydrogen) atoms. The largest absolute Gasteiger partial charge is 0.437 e. The summed E-state index contributed by atoms with van der Waals surface area (Å²) in [6.07, 6.45) is 3.33. The number of hydrogen-bond donors (Lipinski definition) is 0. The van der Waals surface area contributed by atoms with E-state index >= 15 is 0 Å². The van der Waals surface area contributed by atoms with Crippen molar-refractivity contribution in [3.63, 3.8) is 0 Å². The van der Waals surface area contributed by atoms with Gasteiger partial charge in [0, 0.05) is 22.7 Å². The van der Waals surface area contributed by atoms with E-state index in [0.29, 0.717) is 16.2 Å². The molecule has 0 aromatic carbocycles. The van der Waals surface area contributed by atoms with Gasteiger partial charge in [0.05, 0.1) is 6.20 Å². The molecule has 0 aliphatic heterocycles. The lowest BCUT2D eigenvalue weighted by Gasteiger charge is -2.08. The van der Waals surface area contributed by atoms with E-state index < -0.39 is 0 Å². The molecular formula is C12H11Br2N3O. The van der Waals surface area contributed by atoms with Crippen LogP contribution in [0.2, 0.25) is 0 Å². The number of nitrogens with zero attached hydrogens (tertiary/aromatic N) is 3. The van der Waals surface area contributed by atoms with Crippen LogP contribution in [0.1, 0.15) is 25.6 Å². The third-order valence-corrected chi connectivity index (χ3v) is 2.95. The Labute approximate surface area is 122 Å². The molecule has 2 rings (SSSR count). The highest BCUT2D eigenvalue weighted by molar-refractivity contribution is 9.10. The Hall–Kier alpha value is -1.01. The Morgan fingerprint density at radius 2 is 1.89 bits per heavy atom. The molecule has 0 N–H and O–H groups in total. The average Bonchev–Trinajstić information content (AvgIpc) is 2.28. The van der Waals surface area contributed by atoms with Gasteiger partial charge in [-0.05, 0) is 37.9 Å². The molecule has 0 aliphatic carbocycles. The summed E-state index contributed by atoms with van der Waals surface area (Å²) in [6.45, 7) is 4.07. The first kappa shape index (κ1) is 13.4. The lowest BCUT2D eigenvalue weighted by Crippen LogP contribution is -2.00. The third-order valence-electron chi connectivity index (χ3n) is 2.11. The van der Waals surface area contributed by atoms with Crippen LogP contribution >= 0.6 is 31.9 Å². The van der Waals surface area contributed by atoms with Crippen molar-refractivity contribution in [2.24, 2.45) is 0 Å². The zero-order chi connectivity index (χ0) is 13.1. The van der Waals surface area contributed by atoms with Crippen LogP contribution < -0.4 is 4.74 Å². The number of aromatic nitrogens is 3. The summed E-state index contributed by atoms with van der Waals surface area (Å²) in [5, 5.41) is 0. The quantitative estimate of drug-likeness (QED) is 0.753. The second-order valence-corrected chi connectivity index (χ2v) is 5.71. The van der Waals surface area contributed by atoms with Crippen LogP contribution in [0.4, 0.5) is 0 Å². The Kier molecular flexibility index (Phi) is 4.29. The molecule has 6 heteroatoms. The number of ether oxygens (including phenoxy) is 1. The molecule has 0 fully saturated rings. The van der Waals surface area contributed by atoms with Crippen molar-refractivity contribution in [1.82, 2.24) is 15.0 Å². The lowest BCUT2D eigenvalue weighted by molar-refractivity contribution is 0.453. The van der Waals surface area contributed by atoms with Crippen LogP contribution in [-0.2, 0) is 0 Å². The van der Waals surface area contributed by atoms with Gasteiger partial charge in [0.15, 0.2) is 0 Å². The van der Waals surface area contributed by atoms with E-state index in [1.165, 1.54) is 0 Å². The predicted molar refractivity (Wildman–Crippen MR) is 75.8 cm³/mol. The van der Waals surface area contributed by atoms with Gasteiger partial charge < -0.3 is 4.74 Å². The number of rotatable bonds is 3. The van der Waals surface area contributed by atoms with Crippen LogP contribution in [0, 0.1) is 0 Å². The van der Waals surface area contributed by atoms with Crippen molar-refractivity contribution in [3.05, 3.63) is 39.4 Å². The van der Waals surface area contributed by atoms with E-state index in [-0.39, 0.29) is 5.92 Å². The Morgan fingerprint density at radius 1 is 1.11 bits per heavy atom. The molecule has 0 bridgehead atoms. The van der Waals surface area contributed by atoms with Gasteiger partial charge in [0.1, 0.15) is 16.2 Å². The fourth-order valence-electron chi connectivity index (χ4n) is 1.29. The van der Waals surface area contributed by atoms with Crippen molar-refractivity contribution in [1.29, 1.82) is 0 Å². The van der Waals surface area contributed by atoms with Crippen molar-refractivity contribution in [2.45, 2.75) is 19.8 Å². The molecule has 0 saturated heterocycles. The summed E-state index contributed by atoms with van der Waals surface area (Å²) in [7, 11) is 0. The van der Waals surface area contributed by atoms with E-state index in [2.05, 4.69) is 46.8 Å². The lowest BCUT2D eigenvalue weighted by atomic mass is 10.2. The molecule has 94 valence electrons. The van der Waals surface area contributed by atoms with Crippen molar-refractivity contribution in [3.8, 4) is 11.6 Å². The number of halogens is 2. The van der Waals surface area contributed by atoms with Crippen LogP contribution in [0.5, 0.6) is 11.6 Å². The molecular weight excluding hydrogens is 362 g/mol. The van der Waals surface area contributed by atoms with E-state index in [0.717, 1.165) is 10.3 Å².